The van der Waals surface area contributed by atoms with Gasteiger partial charge < -0.3 is 19.9 Å². The number of amides is 1. The molecule has 2 atom stereocenters. The summed E-state index contributed by atoms with van der Waals surface area (Å²) in [6, 6.07) is 0. The lowest BCUT2D eigenvalue weighted by molar-refractivity contribution is -0.127. The van der Waals surface area contributed by atoms with E-state index in [2.05, 4.69) is 10.2 Å². The Bertz CT molecular complexity index is 356. The molecular weight excluding hydrogens is 260 g/mol. The van der Waals surface area contributed by atoms with Crippen molar-refractivity contribution in [3.63, 3.8) is 0 Å². The van der Waals surface area contributed by atoms with E-state index in [1.807, 2.05) is 13.8 Å². The number of carbonyl (C=O) groups excluding carboxylic acids is 1. The molecule has 2 aliphatic heterocycles. The number of nitrogens with zero attached hydrogens (tertiary/aromatic N) is 1. The monoisotopic (exact) mass is 286 g/mol. The van der Waals surface area contributed by atoms with Gasteiger partial charge in [0.25, 0.3) is 0 Å². The number of aliphatic hydroxyl groups is 1. The van der Waals surface area contributed by atoms with Crippen LogP contribution < -0.4 is 5.32 Å². The van der Waals surface area contributed by atoms with E-state index in [1.165, 1.54) is 0 Å². The van der Waals surface area contributed by atoms with Gasteiger partial charge in [-0.15, -0.1) is 0 Å². The lowest BCUT2D eigenvalue weighted by atomic mass is 9.98. The first-order valence-electron chi connectivity index (χ1n) is 7.23. The lowest BCUT2D eigenvalue weighted by Crippen LogP contribution is -2.40. The zero-order valence-electron chi connectivity index (χ0n) is 12.6. The van der Waals surface area contributed by atoms with Crippen molar-refractivity contribution in [2.45, 2.75) is 44.0 Å². The second-order valence-electron chi connectivity index (χ2n) is 6.58. The molecular formula is C14H26N2O4. The van der Waals surface area contributed by atoms with Crippen molar-refractivity contribution in [2.75, 3.05) is 39.9 Å². The molecule has 2 rings (SSSR count). The van der Waals surface area contributed by atoms with Gasteiger partial charge in [0, 0.05) is 33.1 Å². The van der Waals surface area contributed by atoms with Crippen molar-refractivity contribution < 1.29 is 19.4 Å². The third-order valence-electron chi connectivity index (χ3n) is 3.91. The van der Waals surface area contributed by atoms with E-state index in [-0.39, 0.29) is 24.2 Å². The van der Waals surface area contributed by atoms with Crippen LogP contribution in [0.1, 0.15) is 26.7 Å². The first-order chi connectivity index (χ1) is 9.32. The van der Waals surface area contributed by atoms with Crippen LogP contribution in [0.3, 0.4) is 0 Å². The highest BCUT2D eigenvalue weighted by Gasteiger charge is 2.46. The van der Waals surface area contributed by atoms with Crippen LogP contribution >= 0.6 is 0 Å². The normalized spacial score (nSPS) is 31.1. The third-order valence-corrected chi connectivity index (χ3v) is 3.91. The fourth-order valence-electron chi connectivity index (χ4n) is 3.07. The quantitative estimate of drug-likeness (QED) is 0.729. The summed E-state index contributed by atoms with van der Waals surface area (Å²) in [5, 5.41) is 12.4. The molecule has 0 saturated carbocycles. The maximum Gasteiger partial charge on any atom is 0.245 e. The van der Waals surface area contributed by atoms with E-state index in [1.54, 1.807) is 7.05 Å². The summed E-state index contributed by atoms with van der Waals surface area (Å²) in [5.74, 6) is -0.110. The fourth-order valence-corrected chi connectivity index (χ4v) is 3.07. The number of carbonyl (C=O) groups is 1. The summed E-state index contributed by atoms with van der Waals surface area (Å²) >= 11 is 0. The smallest absolute Gasteiger partial charge is 0.245 e. The standard InChI is InChI=1S/C14H26N2O4/c1-13(2,18)9-16-5-4-14(10-16)6-11(7-20-14)19-8-12(17)15-3/h11,18H,4-10H2,1-3H3,(H,15,17)/t11-,14+/m1/s1. The molecule has 6 heteroatoms. The Morgan fingerprint density at radius 3 is 3.00 bits per heavy atom. The van der Waals surface area contributed by atoms with Crippen LogP contribution in [0.4, 0.5) is 0 Å². The number of nitrogens with one attached hydrogen (secondary N) is 1. The van der Waals surface area contributed by atoms with E-state index in [0.29, 0.717) is 13.2 Å². The van der Waals surface area contributed by atoms with Crippen LogP contribution in [-0.2, 0) is 14.3 Å². The molecule has 6 nitrogen and oxygen atoms in total. The summed E-state index contributed by atoms with van der Waals surface area (Å²) in [7, 11) is 1.60. The molecule has 0 aliphatic carbocycles. The van der Waals surface area contributed by atoms with Gasteiger partial charge in [0.1, 0.15) is 6.61 Å². The second-order valence-corrected chi connectivity index (χ2v) is 6.58. The molecule has 2 N–H and O–H groups in total. The first-order valence-corrected chi connectivity index (χ1v) is 7.23. The average molecular weight is 286 g/mol. The number of hydrogen-bond acceptors (Lipinski definition) is 5. The van der Waals surface area contributed by atoms with Crippen molar-refractivity contribution in [1.29, 1.82) is 0 Å². The number of likely N-dealkylation sites (tertiary alicyclic amines) is 1. The molecule has 0 aromatic heterocycles. The van der Waals surface area contributed by atoms with Crippen molar-refractivity contribution in [1.82, 2.24) is 10.2 Å². The molecule has 0 bridgehead atoms. The van der Waals surface area contributed by atoms with Gasteiger partial charge >= 0.3 is 0 Å². The van der Waals surface area contributed by atoms with Gasteiger partial charge in [-0.2, -0.15) is 0 Å². The lowest BCUT2D eigenvalue weighted by Gasteiger charge is -2.27. The number of ether oxygens (including phenoxy) is 2. The van der Waals surface area contributed by atoms with Gasteiger partial charge in [0.15, 0.2) is 0 Å². The van der Waals surface area contributed by atoms with E-state index in [0.717, 1.165) is 25.9 Å². The molecule has 2 saturated heterocycles. The van der Waals surface area contributed by atoms with Crippen LogP contribution in [0.25, 0.3) is 0 Å². The molecule has 20 heavy (non-hydrogen) atoms. The molecule has 1 amide bonds. The number of likely N-dealkylation sites (N-methyl/N-ethyl adjacent to an activating group) is 1. The van der Waals surface area contributed by atoms with Crippen LogP contribution in [0.5, 0.6) is 0 Å². The Kier molecular flexibility index (Phi) is 4.69. The van der Waals surface area contributed by atoms with Gasteiger partial charge in [-0.05, 0) is 20.3 Å². The molecule has 0 radical (unpaired) electrons. The predicted octanol–water partition coefficient (Wildman–Crippen LogP) is -0.247. The topological polar surface area (TPSA) is 71.0 Å². The highest BCUT2D eigenvalue weighted by Crippen LogP contribution is 2.36. The molecule has 0 unspecified atom stereocenters. The Morgan fingerprint density at radius 1 is 1.60 bits per heavy atom. The van der Waals surface area contributed by atoms with E-state index >= 15 is 0 Å². The van der Waals surface area contributed by atoms with E-state index in [9.17, 15) is 9.90 Å². The Balaban J connectivity index is 1.79. The Labute approximate surface area is 120 Å². The largest absolute Gasteiger partial charge is 0.389 e. The van der Waals surface area contributed by atoms with Crippen molar-refractivity contribution in [3.8, 4) is 0 Å². The third kappa shape index (κ3) is 4.15. The van der Waals surface area contributed by atoms with Crippen LogP contribution in [-0.4, -0.2) is 73.1 Å². The summed E-state index contributed by atoms with van der Waals surface area (Å²) in [5.41, 5.74) is -0.835. The first kappa shape index (κ1) is 15.7. The maximum atomic E-state index is 11.2. The summed E-state index contributed by atoms with van der Waals surface area (Å²) < 4.78 is 11.5. The van der Waals surface area contributed by atoms with Crippen molar-refractivity contribution >= 4 is 5.91 Å². The van der Waals surface area contributed by atoms with Gasteiger partial charge in [-0.1, -0.05) is 0 Å². The summed E-state index contributed by atoms with van der Waals surface area (Å²) in [6.45, 7) is 6.71. The van der Waals surface area contributed by atoms with Crippen molar-refractivity contribution in [2.24, 2.45) is 0 Å². The molecule has 2 aliphatic rings. The number of β-amino-alcohol motifs (C(OH)–C–C–N with tert-alkyl or cyclic N) is 1. The highest BCUT2D eigenvalue weighted by molar-refractivity contribution is 5.76. The van der Waals surface area contributed by atoms with Gasteiger partial charge in [0.05, 0.1) is 23.9 Å². The van der Waals surface area contributed by atoms with Gasteiger partial charge in [-0.25, -0.2) is 0 Å². The van der Waals surface area contributed by atoms with Crippen molar-refractivity contribution in [3.05, 3.63) is 0 Å². The minimum atomic E-state index is -0.681. The van der Waals surface area contributed by atoms with E-state index < -0.39 is 5.60 Å². The van der Waals surface area contributed by atoms with Crippen LogP contribution in [0.2, 0.25) is 0 Å². The second kappa shape index (κ2) is 5.97. The Morgan fingerprint density at radius 2 is 2.35 bits per heavy atom. The Hall–Kier alpha value is -0.690. The molecule has 1 spiro atoms. The molecule has 0 aromatic rings. The van der Waals surface area contributed by atoms with E-state index in [4.69, 9.17) is 9.47 Å². The summed E-state index contributed by atoms with van der Waals surface area (Å²) in [4.78, 5) is 13.4. The molecule has 2 fully saturated rings. The minimum Gasteiger partial charge on any atom is -0.389 e. The SMILES string of the molecule is CNC(=O)CO[C@H]1CO[C@@]2(CCN(CC(C)(C)O)C2)C1. The van der Waals surface area contributed by atoms with Crippen LogP contribution in [0, 0.1) is 0 Å². The van der Waals surface area contributed by atoms with Gasteiger partial charge in [-0.3, -0.25) is 9.69 Å². The zero-order chi connectivity index (χ0) is 14.8. The molecule has 116 valence electrons. The molecule has 0 aromatic carbocycles. The zero-order valence-corrected chi connectivity index (χ0v) is 12.6. The number of hydrogen-bond donors (Lipinski definition) is 2. The van der Waals surface area contributed by atoms with Crippen LogP contribution in [0.15, 0.2) is 0 Å². The van der Waals surface area contributed by atoms with Gasteiger partial charge in [0.2, 0.25) is 5.91 Å². The fraction of sp³-hybridized carbons (Fsp3) is 0.929. The maximum absolute atomic E-state index is 11.2. The molecule has 2 heterocycles. The minimum absolute atomic E-state index is 0.00520. The summed E-state index contributed by atoms with van der Waals surface area (Å²) in [6.07, 6.45) is 1.78. The highest BCUT2D eigenvalue weighted by atomic mass is 16.6. The predicted molar refractivity (Wildman–Crippen MR) is 74.5 cm³/mol. The number of rotatable bonds is 5. The average Bonchev–Trinajstić information content (AvgIpc) is 2.92.